The number of ether oxygens (including phenoxy) is 1. The molecule has 4 amide bonds. The van der Waals surface area contributed by atoms with Crippen molar-refractivity contribution in [3.8, 4) is 11.5 Å². The largest absolute Gasteiger partial charge is 0.457 e. The fraction of sp³-hybridized carbons (Fsp3) is 0.345. The van der Waals surface area contributed by atoms with Crippen LogP contribution in [0.15, 0.2) is 77.9 Å². The van der Waals surface area contributed by atoms with Gasteiger partial charge in [-0.05, 0) is 67.8 Å². The SMILES string of the molecule is C=CC(=O)N1CCC(CNC(=O)C2=C3NC(=O)N(c4ccc(Oc5ccccc5)cc4)C4CCNC(S2)C34)C1. The third-order valence-electron chi connectivity index (χ3n) is 7.76. The number of anilines is 1. The number of carbonyl (C=O) groups is 3. The molecule has 4 aliphatic heterocycles. The highest BCUT2D eigenvalue weighted by Crippen LogP contribution is 2.48. The highest BCUT2D eigenvalue weighted by Gasteiger charge is 2.51. The minimum Gasteiger partial charge on any atom is -0.457 e. The summed E-state index contributed by atoms with van der Waals surface area (Å²) in [7, 11) is 0. The van der Waals surface area contributed by atoms with Crippen molar-refractivity contribution in [3.05, 3.63) is 77.9 Å². The van der Waals surface area contributed by atoms with Gasteiger partial charge in [-0.3, -0.25) is 14.5 Å². The number of hydrogen-bond acceptors (Lipinski definition) is 6. The lowest BCUT2D eigenvalue weighted by Gasteiger charge is -2.45. The van der Waals surface area contributed by atoms with Crippen molar-refractivity contribution in [1.29, 1.82) is 0 Å². The Labute approximate surface area is 231 Å². The van der Waals surface area contributed by atoms with E-state index in [1.165, 1.54) is 17.8 Å². The molecule has 3 N–H and O–H groups in total. The average Bonchev–Trinajstić information content (AvgIpc) is 3.59. The first kappa shape index (κ1) is 25.5. The third kappa shape index (κ3) is 5.02. The van der Waals surface area contributed by atoms with Crippen molar-refractivity contribution in [2.75, 3.05) is 31.1 Å². The molecule has 2 aromatic carbocycles. The summed E-state index contributed by atoms with van der Waals surface area (Å²) >= 11 is 1.49. The van der Waals surface area contributed by atoms with Crippen LogP contribution in [-0.2, 0) is 9.59 Å². The fourth-order valence-corrected chi connectivity index (χ4v) is 7.28. The van der Waals surface area contributed by atoms with Crippen LogP contribution in [0.3, 0.4) is 0 Å². The summed E-state index contributed by atoms with van der Waals surface area (Å²) < 4.78 is 5.91. The highest BCUT2D eigenvalue weighted by atomic mass is 32.2. The number of nitrogens with one attached hydrogen (secondary N) is 3. The topological polar surface area (TPSA) is 103 Å². The van der Waals surface area contributed by atoms with Gasteiger partial charge in [-0.25, -0.2) is 4.79 Å². The first-order chi connectivity index (χ1) is 19.0. The molecule has 4 atom stereocenters. The quantitative estimate of drug-likeness (QED) is 0.461. The Morgan fingerprint density at radius 2 is 1.87 bits per heavy atom. The van der Waals surface area contributed by atoms with Gasteiger partial charge >= 0.3 is 6.03 Å². The van der Waals surface area contributed by atoms with Crippen molar-refractivity contribution < 1.29 is 19.1 Å². The number of thioether (sulfide) groups is 1. The van der Waals surface area contributed by atoms with Gasteiger partial charge in [0.1, 0.15) is 11.5 Å². The molecule has 2 aromatic rings. The molecule has 3 saturated heterocycles. The fourth-order valence-electron chi connectivity index (χ4n) is 5.87. The van der Waals surface area contributed by atoms with Crippen LogP contribution in [0, 0.1) is 11.8 Å². The van der Waals surface area contributed by atoms with Crippen LogP contribution in [0.25, 0.3) is 0 Å². The zero-order valence-corrected chi connectivity index (χ0v) is 22.3. The van der Waals surface area contributed by atoms with Crippen LogP contribution in [-0.4, -0.2) is 60.3 Å². The molecule has 4 heterocycles. The highest BCUT2D eigenvalue weighted by molar-refractivity contribution is 8.04. The summed E-state index contributed by atoms with van der Waals surface area (Å²) in [5.74, 6) is 1.38. The van der Waals surface area contributed by atoms with Crippen LogP contribution in [0.5, 0.6) is 11.5 Å². The summed E-state index contributed by atoms with van der Waals surface area (Å²) in [6, 6.07) is 16.8. The standard InChI is InChI=1S/C29H31N5O4S/c1-2-23(35)33-15-13-18(17-33)16-31-27(36)26-25-24-22(12-14-30-28(24)39-26)34(29(37)32-25)19-8-10-21(11-9-19)38-20-6-4-3-5-7-20/h2-11,18,22,24,28,30H,1,12-17H2,(H,31,36)(H,32,37). The maximum atomic E-state index is 13.4. The lowest BCUT2D eigenvalue weighted by molar-refractivity contribution is -0.125. The number of amides is 4. The summed E-state index contributed by atoms with van der Waals surface area (Å²) in [6.07, 6.45) is 2.95. The molecule has 0 bridgehead atoms. The van der Waals surface area contributed by atoms with Crippen molar-refractivity contribution >= 4 is 35.3 Å². The Morgan fingerprint density at radius 3 is 2.64 bits per heavy atom. The van der Waals surface area contributed by atoms with Crippen LogP contribution >= 0.6 is 11.8 Å². The van der Waals surface area contributed by atoms with E-state index in [2.05, 4.69) is 22.5 Å². The molecule has 0 aromatic heterocycles. The summed E-state index contributed by atoms with van der Waals surface area (Å²) in [4.78, 5) is 42.7. The molecule has 6 rings (SSSR count). The number of benzene rings is 2. The number of piperidine rings is 1. The first-order valence-corrected chi connectivity index (χ1v) is 14.2. The van der Waals surface area contributed by atoms with Crippen LogP contribution in [0.2, 0.25) is 0 Å². The van der Waals surface area contributed by atoms with E-state index in [0.29, 0.717) is 36.0 Å². The van der Waals surface area contributed by atoms with E-state index in [9.17, 15) is 14.4 Å². The maximum Gasteiger partial charge on any atom is 0.326 e. The Kier molecular flexibility index (Phi) is 7.05. The van der Waals surface area contributed by atoms with Crippen LogP contribution in [0.4, 0.5) is 10.5 Å². The second-order valence-electron chi connectivity index (χ2n) is 10.2. The molecule has 39 heavy (non-hydrogen) atoms. The van der Waals surface area contributed by atoms with E-state index in [1.54, 1.807) is 4.90 Å². The molecular weight excluding hydrogens is 514 g/mol. The van der Waals surface area contributed by atoms with Gasteiger partial charge in [-0.1, -0.05) is 36.5 Å². The monoisotopic (exact) mass is 545 g/mol. The van der Waals surface area contributed by atoms with E-state index in [1.807, 2.05) is 59.5 Å². The van der Waals surface area contributed by atoms with Gasteiger partial charge in [-0.15, -0.1) is 0 Å². The minimum atomic E-state index is -0.231. The van der Waals surface area contributed by atoms with E-state index < -0.39 is 0 Å². The number of likely N-dealkylation sites (tertiary alicyclic amines) is 1. The van der Waals surface area contributed by atoms with Gasteiger partial charge in [0.15, 0.2) is 0 Å². The van der Waals surface area contributed by atoms with Crippen molar-refractivity contribution in [1.82, 2.24) is 20.9 Å². The molecule has 0 radical (unpaired) electrons. The molecule has 0 aliphatic carbocycles. The van der Waals surface area contributed by atoms with Gasteiger partial charge in [0.05, 0.1) is 16.3 Å². The van der Waals surface area contributed by atoms with Crippen molar-refractivity contribution in [2.45, 2.75) is 24.3 Å². The molecule has 0 saturated carbocycles. The Balaban J connectivity index is 1.15. The average molecular weight is 546 g/mol. The molecule has 10 heteroatoms. The van der Waals surface area contributed by atoms with E-state index in [0.717, 1.165) is 30.8 Å². The zero-order valence-electron chi connectivity index (χ0n) is 21.5. The smallest absolute Gasteiger partial charge is 0.326 e. The van der Waals surface area contributed by atoms with Gasteiger partial charge in [0.2, 0.25) is 5.91 Å². The molecule has 9 nitrogen and oxygen atoms in total. The summed E-state index contributed by atoms with van der Waals surface area (Å²) in [5.41, 5.74) is 1.50. The van der Waals surface area contributed by atoms with Gasteiger partial charge in [0.25, 0.3) is 5.91 Å². The van der Waals surface area contributed by atoms with E-state index in [4.69, 9.17) is 4.74 Å². The van der Waals surface area contributed by atoms with E-state index in [-0.39, 0.29) is 41.1 Å². The summed E-state index contributed by atoms with van der Waals surface area (Å²) in [6.45, 7) is 6.08. The summed E-state index contributed by atoms with van der Waals surface area (Å²) in [5, 5.41) is 9.64. The van der Waals surface area contributed by atoms with Crippen LogP contribution < -0.4 is 25.6 Å². The number of para-hydroxylation sites is 1. The number of nitrogens with zero attached hydrogens (tertiary/aromatic N) is 2. The number of hydrogen-bond donors (Lipinski definition) is 3. The van der Waals surface area contributed by atoms with Gasteiger partial charge in [-0.2, -0.15) is 0 Å². The molecule has 3 fully saturated rings. The number of urea groups is 1. The van der Waals surface area contributed by atoms with E-state index >= 15 is 0 Å². The lowest BCUT2D eigenvalue weighted by Crippen LogP contribution is -2.62. The minimum absolute atomic E-state index is 0.00970. The first-order valence-electron chi connectivity index (χ1n) is 13.3. The predicted molar refractivity (Wildman–Crippen MR) is 150 cm³/mol. The van der Waals surface area contributed by atoms with Crippen molar-refractivity contribution in [2.24, 2.45) is 11.8 Å². The molecular formula is C29H31N5O4S. The second kappa shape index (κ2) is 10.8. The van der Waals surface area contributed by atoms with Gasteiger partial charge in [0, 0.05) is 36.9 Å². The molecule has 4 unspecified atom stereocenters. The molecule has 0 spiro atoms. The molecule has 4 aliphatic rings. The third-order valence-corrected chi connectivity index (χ3v) is 9.12. The van der Waals surface area contributed by atoms with Crippen molar-refractivity contribution in [3.63, 3.8) is 0 Å². The number of carbonyl (C=O) groups excluding carboxylic acids is 3. The maximum absolute atomic E-state index is 13.4. The zero-order chi connectivity index (χ0) is 26.9. The van der Waals surface area contributed by atoms with Crippen LogP contribution in [0.1, 0.15) is 12.8 Å². The Hall–Kier alpha value is -3.76. The lowest BCUT2D eigenvalue weighted by atomic mass is 9.86. The Morgan fingerprint density at radius 1 is 1.10 bits per heavy atom. The predicted octanol–water partition coefficient (Wildman–Crippen LogP) is 3.42. The number of rotatable bonds is 7. The second-order valence-corrected chi connectivity index (χ2v) is 11.3. The molecule has 202 valence electrons. The Bertz CT molecular complexity index is 1310. The van der Waals surface area contributed by atoms with Gasteiger partial charge < -0.3 is 25.6 Å². The normalized spacial score (nSPS) is 25.7.